The molecule has 27 heavy (non-hydrogen) atoms. The maximum Gasteiger partial charge on any atom is 0.230 e. The van der Waals surface area contributed by atoms with Gasteiger partial charge in [0.1, 0.15) is 5.75 Å². The van der Waals surface area contributed by atoms with Gasteiger partial charge in [-0.05, 0) is 54.8 Å². The molecule has 1 amide bonds. The number of aryl methyl sites for hydroxylation is 2. The van der Waals surface area contributed by atoms with Crippen molar-refractivity contribution in [2.24, 2.45) is 0 Å². The number of hydrogen-bond acceptors (Lipinski definition) is 4. The lowest BCUT2D eigenvalue weighted by Gasteiger charge is -2.10. The molecule has 0 aliphatic heterocycles. The lowest BCUT2D eigenvalue weighted by molar-refractivity contribution is -0.118. The Kier molecular flexibility index (Phi) is 6.19. The molecule has 0 atom stereocenters. The van der Waals surface area contributed by atoms with Crippen molar-refractivity contribution >= 4 is 17.7 Å². The molecule has 1 aromatic heterocycles. The van der Waals surface area contributed by atoms with Crippen LogP contribution in [0.2, 0.25) is 0 Å². The standard InChI is InChI=1S/C21H23N3O2S/c1-15-4-7-18(12-16(15)2)24-11-10-22-21(24)27-14-20(25)23-13-17-5-8-19(26-3)9-6-17/h4-12H,13-14H2,1-3H3,(H,23,25). The zero-order valence-electron chi connectivity index (χ0n) is 15.7. The number of nitrogens with zero attached hydrogens (tertiary/aromatic N) is 2. The second-order valence-corrected chi connectivity index (χ2v) is 7.20. The van der Waals surface area contributed by atoms with E-state index in [4.69, 9.17) is 4.74 Å². The Hall–Kier alpha value is -2.73. The minimum Gasteiger partial charge on any atom is -0.497 e. The van der Waals surface area contributed by atoms with Gasteiger partial charge in [0, 0.05) is 24.6 Å². The number of methoxy groups -OCH3 is 1. The number of hydrogen-bond donors (Lipinski definition) is 1. The summed E-state index contributed by atoms with van der Waals surface area (Å²) in [6.45, 7) is 4.68. The largest absolute Gasteiger partial charge is 0.497 e. The Bertz CT molecular complexity index is 919. The molecule has 0 unspecified atom stereocenters. The number of carbonyl (C=O) groups is 1. The summed E-state index contributed by atoms with van der Waals surface area (Å²) in [7, 11) is 1.63. The zero-order valence-corrected chi connectivity index (χ0v) is 16.5. The second kappa shape index (κ2) is 8.77. The minimum absolute atomic E-state index is 0.0227. The van der Waals surface area contributed by atoms with Crippen molar-refractivity contribution < 1.29 is 9.53 Å². The number of nitrogens with one attached hydrogen (secondary N) is 1. The zero-order chi connectivity index (χ0) is 19.2. The van der Waals surface area contributed by atoms with Crippen molar-refractivity contribution in [3.05, 3.63) is 71.5 Å². The predicted octanol–water partition coefficient (Wildman–Crippen LogP) is 3.91. The molecule has 0 saturated carbocycles. The van der Waals surface area contributed by atoms with Gasteiger partial charge >= 0.3 is 0 Å². The van der Waals surface area contributed by atoms with E-state index in [0.717, 1.165) is 22.2 Å². The van der Waals surface area contributed by atoms with Gasteiger partial charge in [-0.15, -0.1) is 0 Å². The molecule has 0 saturated heterocycles. The highest BCUT2D eigenvalue weighted by Crippen LogP contribution is 2.22. The summed E-state index contributed by atoms with van der Waals surface area (Å²) in [5.41, 5.74) is 4.57. The quantitative estimate of drug-likeness (QED) is 0.631. The summed E-state index contributed by atoms with van der Waals surface area (Å²) in [6.07, 6.45) is 3.68. The van der Waals surface area contributed by atoms with Crippen molar-refractivity contribution in [1.82, 2.24) is 14.9 Å². The normalized spacial score (nSPS) is 10.6. The molecule has 3 aromatic rings. The number of imidazole rings is 1. The molecule has 2 aromatic carbocycles. The Balaban J connectivity index is 1.56. The van der Waals surface area contributed by atoms with Gasteiger partial charge in [-0.2, -0.15) is 0 Å². The number of aromatic nitrogens is 2. The topological polar surface area (TPSA) is 56.1 Å². The molecule has 1 heterocycles. The Labute approximate surface area is 163 Å². The Morgan fingerprint density at radius 1 is 1.15 bits per heavy atom. The second-order valence-electron chi connectivity index (χ2n) is 6.26. The van der Waals surface area contributed by atoms with Crippen LogP contribution in [-0.2, 0) is 11.3 Å². The summed E-state index contributed by atoms with van der Waals surface area (Å²) in [4.78, 5) is 16.6. The molecule has 3 rings (SSSR count). The van der Waals surface area contributed by atoms with E-state index in [0.29, 0.717) is 12.3 Å². The first-order chi connectivity index (χ1) is 13.1. The van der Waals surface area contributed by atoms with E-state index in [1.54, 1.807) is 13.3 Å². The van der Waals surface area contributed by atoms with Gasteiger partial charge in [-0.1, -0.05) is 30.0 Å². The fraction of sp³-hybridized carbons (Fsp3) is 0.238. The highest BCUT2D eigenvalue weighted by Gasteiger charge is 2.10. The van der Waals surface area contributed by atoms with Gasteiger partial charge < -0.3 is 10.1 Å². The fourth-order valence-electron chi connectivity index (χ4n) is 2.59. The van der Waals surface area contributed by atoms with E-state index in [1.807, 2.05) is 35.0 Å². The van der Waals surface area contributed by atoms with E-state index >= 15 is 0 Å². The van der Waals surface area contributed by atoms with E-state index < -0.39 is 0 Å². The van der Waals surface area contributed by atoms with Crippen LogP contribution in [0.3, 0.4) is 0 Å². The Morgan fingerprint density at radius 3 is 2.63 bits per heavy atom. The van der Waals surface area contributed by atoms with Gasteiger partial charge in [0.05, 0.1) is 12.9 Å². The molecule has 0 spiro atoms. The molecule has 140 valence electrons. The van der Waals surface area contributed by atoms with Crippen LogP contribution in [0.25, 0.3) is 5.69 Å². The molecule has 0 radical (unpaired) electrons. The van der Waals surface area contributed by atoms with Crippen LogP contribution in [0.1, 0.15) is 16.7 Å². The first kappa shape index (κ1) is 19.0. The molecule has 0 aliphatic rings. The van der Waals surface area contributed by atoms with Crippen molar-refractivity contribution in [3.8, 4) is 11.4 Å². The predicted molar refractivity (Wildman–Crippen MR) is 109 cm³/mol. The molecule has 6 heteroatoms. The fourth-order valence-corrected chi connectivity index (χ4v) is 3.40. The van der Waals surface area contributed by atoms with Crippen LogP contribution in [0.5, 0.6) is 5.75 Å². The van der Waals surface area contributed by atoms with Crippen LogP contribution in [0, 0.1) is 13.8 Å². The number of thioether (sulfide) groups is 1. The number of amides is 1. The van der Waals surface area contributed by atoms with Crippen LogP contribution in [-0.4, -0.2) is 28.3 Å². The summed E-state index contributed by atoms with van der Waals surface area (Å²) in [5, 5.41) is 3.74. The van der Waals surface area contributed by atoms with E-state index in [2.05, 4.69) is 42.3 Å². The van der Waals surface area contributed by atoms with Gasteiger partial charge in [-0.3, -0.25) is 9.36 Å². The maximum atomic E-state index is 12.2. The average molecular weight is 382 g/mol. The van der Waals surface area contributed by atoms with Gasteiger partial charge in [0.15, 0.2) is 5.16 Å². The third kappa shape index (κ3) is 4.92. The van der Waals surface area contributed by atoms with Crippen LogP contribution < -0.4 is 10.1 Å². The number of carbonyl (C=O) groups excluding carboxylic acids is 1. The number of rotatable bonds is 7. The van der Waals surface area contributed by atoms with E-state index in [1.165, 1.54) is 22.9 Å². The molecule has 5 nitrogen and oxygen atoms in total. The third-order valence-electron chi connectivity index (χ3n) is 4.36. The monoisotopic (exact) mass is 381 g/mol. The molecular weight excluding hydrogens is 358 g/mol. The summed E-state index contributed by atoms with van der Waals surface area (Å²) >= 11 is 1.43. The Morgan fingerprint density at radius 2 is 1.93 bits per heavy atom. The molecule has 0 fully saturated rings. The lowest BCUT2D eigenvalue weighted by atomic mass is 10.1. The third-order valence-corrected chi connectivity index (χ3v) is 5.32. The molecule has 0 bridgehead atoms. The first-order valence-electron chi connectivity index (χ1n) is 8.70. The van der Waals surface area contributed by atoms with Gasteiger partial charge in [-0.25, -0.2) is 4.98 Å². The average Bonchev–Trinajstić information content (AvgIpc) is 3.16. The SMILES string of the molecule is COc1ccc(CNC(=O)CSc2nccn2-c2ccc(C)c(C)c2)cc1. The van der Waals surface area contributed by atoms with Crippen molar-refractivity contribution in [2.45, 2.75) is 25.5 Å². The minimum atomic E-state index is -0.0227. The highest BCUT2D eigenvalue weighted by molar-refractivity contribution is 7.99. The molecular formula is C21H23N3O2S. The highest BCUT2D eigenvalue weighted by atomic mass is 32.2. The van der Waals surface area contributed by atoms with Crippen LogP contribution in [0.15, 0.2) is 60.0 Å². The number of ether oxygens (including phenoxy) is 1. The van der Waals surface area contributed by atoms with E-state index in [-0.39, 0.29) is 5.91 Å². The van der Waals surface area contributed by atoms with Crippen molar-refractivity contribution in [3.63, 3.8) is 0 Å². The molecule has 1 N–H and O–H groups in total. The first-order valence-corrected chi connectivity index (χ1v) is 9.69. The maximum absolute atomic E-state index is 12.2. The lowest BCUT2D eigenvalue weighted by Crippen LogP contribution is -2.24. The van der Waals surface area contributed by atoms with Crippen molar-refractivity contribution in [2.75, 3.05) is 12.9 Å². The van der Waals surface area contributed by atoms with Gasteiger partial charge in [0.25, 0.3) is 0 Å². The van der Waals surface area contributed by atoms with Crippen molar-refractivity contribution in [1.29, 1.82) is 0 Å². The van der Waals surface area contributed by atoms with E-state index in [9.17, 15) is 4.79 Å². The summed E-state index contributed by atoms with van der Waals surface area (Å²) < 4.78 is 7.14. The molecule has 0 aliphatic carbocycles. The smallest absolute Gasteiger partial charge is 0.230 e. The van der Waals surface area contributed by atoms with Crippen LogP contribution >= 0.6 is 11.8 Å². The number of benzene rings is 2. The summed E-state index contributed by atoms with van der Waals surface area (Å²) in [6, 6.07) is 14.0. The summed E-state index contributed by atoms with van der Waals surface area (Å²) in [5.74, 6) is 1.10. The van der Waals surface area contributed by atoms with Gasteiger partial charge in [0.2, 0.25) is 5.91 Å². The van der Waals surface area contributed by atoms with Crippen LogP contribution in [0.4, 0.5) is 0 Å².